The van der Waals surface area contributed by atoms with Crippen molar-refractivity contribution in [3.05, 3.63) is 66.2 Å². The summed E-state index contributed by atoms with van der Waals surface area (Å²) in [5.74, 6) is -1.09. The minimum absolute atomic E-state index is 0.0964. The molecule has 1 amide bonds. The third-order valence-corrected chi connectivity index (χ3v) is 4.48. The summed E-state index contributed by atoms with van der Waals surface area (Å²) in [4.78, 5) is 24.3. The number of ether oxygens (including phenoxy) is 1. The molecular weight excluding hydrogens is 326 g/mol. The third kappa shape index (κ3) is 5.62. The number of carbonyl (C=O) groups is 2. The van der Waals surface area contributed by atoms with E-state index in [1.165, 1.54) is 11.8 Å². The van der Waals surface area contributed by atoms with Crippen LogP contribution in [0.2, 0.25) is 0 Å². The Kier molecular flexibility index (Phi) is 6.69. The van der Waals surface area contributed by atoms with Crippen molar-refractivity contribution in [3.63, 3.8) is 0 Å². The van der Waals surface area contributed by atoms with E-state index in [0.717, 1.165) is 10.5 Å². The Hall–Kier alpha value is -2.47. The zero-order chi connectivity index (χ0) is 17.4. The topological polar surface area (TPSA) is 75.6 Å². The lowest BCUT2D eigenvalue weighted by Crippen LogP contribution is -2.46. The van der Waals surface area contributed by atoms with Gasteiger partial charge in [-0.3, -0.25) is 0 Å². The number of carboxylic acid groups (broad SMARTS) is 1. The van der Waals surface area contributed by atoms with Crippen LogP contribution in [0.5, 0.6) is 0 Å². The number of thioether (sulfide) groups is 1. The van der Waals surface area contributed by atoms with Gasteiger partial charge in [0.2, 0.25) is 0 Å². The van der Waals surface area contributed by atoms with Gasteiger partial charge < -0.3 is 15.2 Å². The number of rotatable bonds is 7. The molecule has 2 rings (SSSR count). The van der Waals surface area contributed by atoms with E-state index in [2.05, 4.69) is 5.32 Å². The summed E-state index contributed by atoms with van der Waals surface area (Å²) in [7, 11) is 0. The summed E-state index contributed by atoms with van der Waals surface area (Å²) in [6, 6.07) is 17.6. The first kappa shape index (κ1) is 17.9. The molecule has 24 heavy (non-hydrogen) atoms. The van der Waals surface area contributed by atoms with Crippen LogP contribution in [0.4, 0.5) is 4.79 Å². The first-order valence-electron chi connectivity index (χ1n) is 7.48. The van der Waals surface area contributed by atoms with Crippen molar-refractivity contribution in [2.45, 2.75) is 29.7 Å². The number of carbonyl (C=O) groups excluding carboxylic acids is 1. The smallest absolute Gasteiger partial charge is 0.408 e. The van der Waals surface area contributed by atoms with Gasteiger partial charge in [0, 0.05) is 10.1 Å². The van der Waals surface area contributed by atoms with Crippen LogP contribution < -0.4 is 5.32 Å². The van der Waals surface area contributed by atoms with Gasteiger partial charge in [-0.2, -0.15) is 0 Å². The Morgan fingerprint density at radius 2 is 1.67 bits per heavy atom. The molecule has 0 saturated heterocycles. The summed E-state index contributed by atoms with van der Waals surface area (Å²) >= 11 is 1.39. The minimum atomic E-state index is -1.09. The molecule has 2 atom stereocenters. The van der Waals surface area contributed by atoms with Crippen LogP contribution in [0, 0.1) is 0 Å². The number of hydrogen-bond donors (Lipinski definition) is 2. The van der Waals surface area contributed by atoms with Crippen LogP contribution >= 0.6 is 11.8 Å². The second-order valence-corrected chi connectivity index (χ2v) is 6.61. The van der Waals surface area contributed by atoms with E-state index in [1.54, 1.807) is 6.92 Å². The number of nitrogens with one attached hydrogen (secondary N) is 1. The molecule has 6 heteroatoms. The van der Waals surface area contributed by atoms with Crippen molar-refractivity contribution < 1.29 is 19.4 Å². The predicted molar refractivity (Wildman–Crippen MR) is 92.9 cm³/mol. The van der Waals surface area contributed by atoms with E-state index in [4.69, 9.17) is 4.74 Å². The maximum atomic E-state index is 11.9. The monoisotopic (exact) mass is 345 g/mol. The van der Waals surface area contributed by atoms with Crippen molar-refractivity contribution in [2.24, 2.45) is 0 Å². The Bertz CT molecular complexity index is 663. The highest BCUT2D eigenvalue weighted by Gasteiger charge is 2.27. The third-order valence-electron chi connectivity index (χ3n) is 3.29. The molecule has 0 radical (unpaired) electrons. The summed E-state index contributed by atoms with van der Waals surface area (Å²) in [5, 5.41) is 11.4. The standard InChI is InChI=1S/C18H19NO4S/c1-13(24-15-10-6-3-7-11-15)16(17(20)21)19-18(22)23-12-14-8-4-2-5-9-14/h2-11,13,16H,12H2,1H3,(H,19,22)(H,20,21)/t13-,16-/m0/s1. The molecule has 2 aromatic carbocycles. The lowest BCUT2D eigenvalue weighted by Gasteiger charge is -2.20. The molecule has 0 saturated carbocycles. The molecule has 0 unspecified atom stereocenters. The number of aliphatic carboxylic acids is 1. The summed E-state index contributed by atoms with van der Waals surface area (Å²) in [5.41, 5.74) is 0.839. The highest BCUT2D eigenvalue weighted by atomic mass is 32.2. The lowest BCUT2D eigenvalue weighted by molar-refractivity contribution is -0.139. The van der Waals surface area contributed by atoms with E-state index in [-0.39, 0.29) is 11.9 Å². The van der Waals surface area contributed by atoms with Crippen molar-refractivity contribution in [1.82, 2.24) is 5.32 Å². The Balaban J connectivity index is 1.90. The van der Waals surface area contributed by atoms with Crippen molar-refractivity contribution >= 4 is 23.8 Å². The van der Waals surface area contributed by atoms with Gasteiger partial charge >= 0.3 is 12.1 Å². The fourth-order valence-electron chi connectivity index (χ4n) is 2.05. The maximum absolute atomic E-state index is 11.9. The zero-order valence-corrected chi connectivity index (χ0v) is 14.0. The van der Waals surface area contributed by atoms with Gasteiger partial charge in [0.1, 0.15) is 12.6 Å². The first-order chi connectivity index (χ1) is 11.6. The number of benzene rings is 2. The van der Waals surface area contributed by atoms with Crippen LogP contribution in [0.3, 0.4) is 0 Å². The van der Waals surface area contributed by atoms with Crippen LogP contribution in [-0.4, -0.2) is 28.5 Å². The summed E-state index contributed by atoms with van der Waals surface area (Å²) in [6.07, 6.45) is -0.744. The van der Waals surface area contributed by atoms with Gasteiger partial charge in [-0.1, -0.05) is 55.5 Å². The zero-order valence-electron chi connectivity index (χ0n) is 13.2. The first-order valence-corrected chi connectivity index (χ1v) is 8.36. The van der Waals surface area contributed by atoms with Gasteiger partial charge in [-0.15, -0.1) is 11.8 Å². The summed E-state index contributed by atoms with van der Waals surface area (Å²) < 4.78 is 5.09. The average molecular weight is 345 g/mol. The van der Waals surface area contributed by atoms with Gasteiger partial charge in [0.25, 0.3) is 0 Å². The number of hydrogen-bond acceptors (Lipinski definition) is 4. The number of alkyl carbamates (subject to hydrolysis) is 1. The number of amides is 1. The molecule has 0 aromatic heterocycles. The normalized spacial score (nSPS) is 12.9. The van der Waals surface area contributed by atoms with Crippen molar-refractivity contribution in [2.75, 3.05) is 0 Å². The highest BCUT2D eigenvalue weighted by molar-refractivity contribution is 8.00. The Labute approximate surface area is 145 Å². The second-order valence-electron chi connectivity index (χ2n) is 5.16. The molecule has 2 N–H and O–H groups in total. The van der Waals surface area contributed by atoms with Gasteiger partial charge in [-0.05, 0) is 17.7 Å². The van der Waals surface area contributed by atoms with Gasteiger partial charge in [0.15, 0.2) is 0 Å². The summed E-state index contributed by atoms with van der Waals surface area (Å²) in [6.45, 7) is 1.85. The molecule has 0 aliphatic heterocycles. The van der Waals surface area contributed by atoms with Crippen LogP contribution in [0.1, 0.15) is 12.5 Å². The lowest BCUT2D eigenvalue weighted by atomic mass is 10.2. The van der Waals surface area contributed by atoms with Crippen molar-refractivity contribution in [3.8, 4) is 0 Å². The Morgan fingerprint density at radius 3 is 2.25 bits per heavy atom. The fourth-order valence-corrected chi connectivity index (χ4v) is 3.12. The van der Waals surface area contributed by atoms with Crippen LogP contribution in [0.15, 0.2) is 65.6 Å². The molecular formula is C18H19NO4S. The quantitative estimate of drug-likeness (QED) is 0.751. The predicted octanol–water partition coefficient (Wildman–Crippen LogP) is 3.55. The molecule has 126 valence electrons. The van der Waals surface area contributed by atoms with Crippen LogP contribution in [-0.2, 0) is 16.1 Å². The van der Waals surface area contributed by atoms with E-state index in [0.29, 0.717) is 0 Å². The second kappa shape index (κ2) is 8.98. The molecule has 0 spiro atoms. The van der Waals surface area contributed by atoms with Crippen molar-refractivity contribution in [1.29, 1.82) is 0 Å². The molecule has 0 aliphatic rings. The van der Waals surface area contributed by atoms with E-state index < -0.39 is 18.1 Å². The fraction of sp³-hybridized carbons (Fsp3) is 0.222. The largest absolute Gasteiger partial charge is 0.480 e. The highest BCUT2D eigenvalue weighted by Crippen LogP contribution is 2.25. The SMILES string of the molecule is C[C@H](Sc1ccccc1)[C@H](NC(=O)OCc1ccccc1)C(=O)O. The Morgan fingerprint density at radius 1 is 1.08 bits per heavy atom. The van der Waals surface area contributed by atoms with Crippen LogP contribution in [0.25, 0.3) is 0 Å². The number of carboxylic acids is 1. The van der Waals surface area contributed by atoms with Gasteiger partial charge in [0.05, 0.1) is 0 Å². The molecule has 0 fully saturated rings. The maximum Gasteiger partial charge on any atom is 0.408 e. The van der Waals surface area contributed by atoms with E-state index in [9.17, 15) is 14.7 Å². The molecule has 5 nitrogen and oxygen atoms in total. The molecule has 2 aromatic rings. The molecule has 0 bridgehead atoms. The van der Waals surface area contributed by atoms with Gasteiger partial charge in [-0.25, -0.2) is 9.59 Å². The molecule has 0 heterocycles. The average Bonchev–Trinajstić information content (AvgIpc) is 2.59. The minimum Gasteiger partial charge on any atom is -0.480 e. The van der Waals surface area contributed by atoms with E-state index in [1.807, 2.05) is 60.7 Å². The van der Waals surface area contributed by atoms with E-state index >= 15 is 0 Å². The molecule has 0 aliphatic carbocycles.